The van der Waals surface area contributed by atoms with Crippen molar-refractivity contribution < 1.29 is 41.8 Å². The van der Waals surface area contributed by atoms with E-state index in [0.717, 1.165) is 11.6 Å². The Morgan fingerprint density at radius 1 is 1.02 bits per heavy atom. The first-order chi connectivity index (χ1) is 20.5. The van der Waals surface area contributed by atoms with E-state index in [-0.39, 0.29) is 50.0 Å². The van der Waals surface area contributed by atoms with Crippen LogP contribution >= 0.6 is 11.3 Å². The molecule has 43 heavy (non-hydrogen) atoms. The number of amides is 2. The van der Waals surface area contributed by atoms with Gasteiger partial charge in [-0.05, 0) is 70.8 Å². The maximum Gasteiger partial charge on any atom is 0.573 e. The monoisotopic (exact) mass is 613 g/mol. The van der Waals surface area contributed by atoms with Gasteiger partial charge in [0.05, 0.1) is 24.2 Å². The average Bonchev–Trinajstić information content (AvgIpc) is 3.69. The summed E-state index contributed by atoms with van der Waals surface area (Å²) in [6.07, 6.45) is -4.81. The fourth-order valence-electron chi connectivity index (χ4n) is 4.78. The van der Waals surface area contributed by atoms with E-state index in [1.165, 1.54) is 39.0 Å². The lowest BCUT2D eigenvalue weighted by molar-refractivity contribution is -0.274. The molecule has 1 aliphatic heterocycles. The summed E-state index contributed by atoms with van der Waals surface area (Å²) in [5, 5.41) is 3.70. The SMILES string of the molecule is Cc1c(C(N)=O)cc(C(=O)CN(Cc2ccc3c(c2)OCO3)C(=O)Cc2ccsc2)n1Cc1cccc(OC(F)(F)F)c1. The van der Waals surface area contributed by atoms with Crippen molar-refractivity contribution in [2.24, 2.45) is 5.73 Å². The molecule has 224 valence electrons. The minimum absolute atomic E-state index is 0.0553. The maximum atomic E-state index is 13.8. The summed E-state index contributed by atoms with van der Waals surface area (Å²) in [6, 6.07) is 13.7. The van der Waals surface area contributed by atoms with E-state index >= 15 is 0 Å². The smallest absolute Gasteiger partial charge is 0.454 e. The lowest BCUT2D eigenvalue weighted by Crippen LogP contribution is -2.37. The second kappa shape index (κ2) is 12.2. The van der Waals surface area contributed by atoms with Crippen molar-refractivity contribution in [3.63, 3.8) is 0 Å². The molecule has 2 amide bonds. The van der Waals surface area contributed by atoms with Crippen LogP contribution in [0.4, 0.5) is 13.2 Å². The predicted molar refractivity (Wildman–Crippen MR) is 150 cm³/mol. The van der Waals surface area contributed by atoms with Crippen molar-refractivity contribution in [3.05, 3.63) is 99.0 Å². The standard InChI is InChI=1S/C30H26F3N3O6S/c1-18-23(29(34)39)12-24(36(18)14-19-3-2-4-22(9-19)42-30(31,32)33)25(37)15-35(28(38)11-21-7-8-43-16-21)13-20-5-6-26-27(10-20)41-17-40-26/h2-10,12,16H,11,13-15,17H2,1H3,(H2,34,39). The number of fused-ring (bicyclic) bond motifs is 1. The fraction of sp³-hybridized carbons (Fsp3) is 0.233. The van der Waals surface area contributed by atoms with Gasteiger partial charge in [0.2, 0.25) is 12.7 Å². The molecule has 0 bridgehead atoms. The molecule has 0 fully saturated rings. The van der Waals surface area contributed by atoms with Crippen molar-refractivity contribution in [1.82, 2.24) is 9.47 Å². The van der Waals surface area contributed by atoms with Gasteiger partial charge in [0.15, 0.2) is 17.3 Å². The van der Waals surface area contributed by atoms with Crippen molar-refractivity contribution in [2.45, 2.75) is 32.8 Å². The third-order valence-electron chi connectivity index (χ3n) is 6.82. The number of hydrogen-bond acceptors (Lipinski definition) is 7. The first kappa shape index (κ1) is 29.7. The minimum Gasteiger partial charge on any atom is -0.454 e. The number of Topliss-reactive ketones (excluding diaryl/α,β-unsaturated/α-hetero) is 1. The van der Waals surface area contributed by atoms with Gasteiger partial charge in [-0.1, -0.05) is 18.2 Å². The number of ketones is 1. The molecule has 2 N–H and O–H groups in total. The molecular formula is C30H26F3N3O6S. The Hall–Kier alpha value is -4.78. The summed E-state index contributed by atoms with van der Waals surface area (Å²) in [5.74, 6) is -0.879. The highest BCUT2D eigenvalue weighted by Gasteiger charge is 2.31. The summed E-state index contributed by atoms with van der Waals surface area (Å²) >= 11 is 1.45. The maximum absolute atomic E-state index is 13.8. The number of carbonyl (C=O) groups excluding carboxylic acids is 3. The molecule has 0 radical (unpaired) electrons. The van der Waals surface area contributed by atoms with Gasteiger partial charge in [-0.15, -0.1) is 13.2 Å². The second-order valence-corrected chi connectivity index (χ2v) is 10.6. The van der Waals surface area contributed by atoms with Crippen LogP contribution in [0.3, 0.4) is 0 Å². The van der Waals surface area contributed by atoms with Crippen LogP contribution in [-0.4, -0.2) is 46.8 Å². The number of halogens is 3. The number of nitrogens with zero attached hydrogens (tertiary/aromatic N) is 2. The highest BCUT2D eigenvalue weighted by Crippen LogP contribution is 2.33. The Balaban J connectivity index is 1.44. The Labute approximate surface area is 248 Å². The van der Waals surface area contributed by atoms with E-state index < -0.39 is 23.8 Å². The number of carbonyl (C=O) groups is 3. The van der Waals surface area contributed by atoms with E-state index in [1.54, 1.807) is 31.2 Å². The van der Waals surface area contributed by atoms with Crippen LogP contribution in [0.25, 0.3) is 0 Å². The van der Waals surface area contributed by atoms with Gasteiger partial charge in [0.25, 0.3) is 5.91 Å². The molecule has 2 aromatic heterocycles. The van der Waals surface area contributed by atoms with Gasteiger partial charge in [-0.3, -0.25) is 14.4 Å². The van der Waals surface area contributed by atoms with E-state index in [0.29, 0.717) is 28.3 Å². The predicted octanol–water partition coefficient (Wildman–Crippen LogP) is 5.09. The molecule has 5 rings (SSSR count). The molecule has 0 aliphatic carbocycles. The molecule has 0 unspecified atom stereocenters. The largest absolute Gasteiger partial charge is 0.573 e. The van der Waals surface area contributed by atoms with Crippen molar-refractivity contribution in [1.29, 1.82) is 0 Å². The highest BCUT2D eigenvalue weighted by atomic mass is 32.1. The van der Waals surface area contributed by atoms with E-state index in [9.17, 15) is 27.6 Å². The molecule has 0 spiro atoms. The van der Waals surface area contributed by atoms with Crippen LogP contribution in [0.5, 0.6) is 17.2 Å². The summed E-state index contributed by atoms with van der Waals surface area (Å²) in [4.78, 5) is 40.9. The van der Waals surface area contributed by atoms with Crippen LogP contribution in [0.15, 0.2) is 65.4 Å². The quantitative estimate of drug-likeness (QED) is 0.236. The van der Waals surface area contributed by atoms with Crippen LogP contribution in [-0.2, 0) is 24.3 Å². The molecule has 4 aromatic rings. The lowest BCUT2D eigenvalue weighted by Gasteiger charge is -2.23. The van der Waals surface area contributed by atoms with Crippen LogP contribution in [0, 0.1) is 6.92 Å². The zero-order chi connectivity index (χ0) is 30.7. The Bertz CT molecular complexity index is 1670. The Kier molecular flexibility index (Phi) is 8.44. The first-order valence-electron chi connectivity index (χ1n) is 13.0. The molecule has 3 heterocycles. The molecule has 13 heteroatoms. The summed E-state index contributed by atoms with van der Waals surface area (Å²) < 4.78 is 54.7. The molecular weight excluding hydrogens is 587 g/mol. The highest BCUT2D eigenvalue weighted by molar-refractivity contribution is 7.08. The first-order valence-corrected chi connectivity index (χ1v) is 14.0. The average molecular weight is 614 g/mol. The zero-order valence-electron chi connectivity index (χ0n) is 22.8. The van der Waals surface area contributed by atoms with E-state index in [2.05, 4.69) is 4.74 Å². The number of rotatable bonds is 11. The third-order valence-corrected chi connectivity index (χ3v) is 7.56. The number of thiophene rings is 1. The zero-order valence-corrected chi connectivity index (χ0v) is 23.7. The van der Waals surface area contributed by atoms with Gasteiger partial charge < -0.3 is 29.4 Å². The Morgan fingerprint density at radius 2 is 1.81 bits per heavy atom. The molecule has 0 saturated carbocycles. The molecule has 2 aromatic carbocycles. The van der Waals surface area contributed by atoms with Crippen LogP contribution in [0.2, 0.25) is 0 Å². The van der Waals surface area contributed by atoms with Crippen molar-refractivity contribution >= 4 is 28.9 Å². The normalized spacial score (nSPS) is 12.3. The van der Waals surface area contributed by atoms with E-state index in [4.69, 9.17) is 15.2 Å². The van der Waals surface area contributed by atoms with Crippen LogP contribution < -0.4 is 19.9 Å². The summed E-state index contributed by atoms with van der Waals surface area (Å²) in [5.41, 5.74) is 7.97. The number of alkyl halides is 3. The van der Waals surface area contributed by atoms with Gasteiger partial charge in [-0.25, -0.2) is 0 Å². The van der Waals surface area contributed by atoms with E-state index in [1.807, 2.05) is 16.8 Å². The Morgan fingerprint density at radius 3 is 2.53 bits per heavy atom. The van der Waals surface area contributed by atoms with Crippen molar-refractivity contribution in [2.75, 3.05) is 13.3 Å². The number of nitrogens with two attached hydrogens (primary N) is 1. The number of ether oxygens (including phenoxy) is 3. The molecule has 1 aliphatic rings. The van der Waals surface area contributed by atoms with Gasteiger partial charge >= 0.3 is 6.36 Å². The third kappa shape index (κ3) is 7.17. The number of primary amides is 1. The van der Waals surface area contributed by atoms with Crippen LogP contribution in [0.1, 0.15) is 43.2 Å². The fourth-order valence-corrected chi connectivity index (χ4v) is 5.45. The molecule has 0 atom stereocenters. The lowest BCUT2D eigenvalue weighted by atomic mass is 10.1. The molecule has 9 nitrogen and oxygen atoms in total. The van der Waals surface area contributed by atoms with Crippen molar-refractivity contribution in [3.8, 4) is 17.2 Å². The minimum atomic E-state index is -4.88. The number of benzene rings is 2. The summed E-state index contributed by atoms with van der Waals surface area (Å²) in [7, 11) is 0. The number of hydrogen-bond donors (Lipinski definition) is 1. The topological polar surface area (TPSA) is 113 Å². The number of aromatic nitrogens is 1. The van der Waals surface area contributed by atoms with Gasteiger partial charge in [0, 0.05) is 18.8 Å². The second-order valence-electron chi connectivity index (χ2n) is 9.84. The van der Waals surface area contributed by atoms with Gasteiger partial charge in [-0.2, -0.15) is 11.3 Å². The van der Waals surface area contributed by atoms with Gasteiger partial charge in [0.1, 0.15) is 5.75 Å². The summed E-state index contributed by atoms with van der Waals surface area (Å²) in [6.45, 7) is 1.36. The molecule has 0 saturated heterocycles.